The van der Waals surface area contributed by atoms with Crippen molar-refractivity contribution < 1.29 is 19.4 Å². The summed E-state index contributed by atoms with van der Waals surface area (Å²) in [6.07, 6.45) is 0. The number of benzene rings is 2. The van der Waals surface area contributed by atoms with Crippen LogP contribution in [0.1, 0.15) is 17.3 Å². The Kier molecular flexibility index (Phi) is 4.33. The van der Waals surface area contributed by atoms with Crippen LogP contribution in [0.15, 0.2) is 48.5 Å². The number of nitrogens with zero attached hydrogens (tertiary/aromatic N) is 1. The van der Waals surface area contributed by atoms with E-state index in [0.717, 1.165) is 17.0 Å². The molecule has 0 aliphatic heterocycles. The van der Waals surface area contributed by atoms with Gasteiger partial charge in [0.25, 0.3) is 0 Å². The van der Waals surface area contributed by atoms with Gasteiger partial charge in [0, 0.05) is 17.0 Å². The maximum atomic E-state index is 11.2. The summed E-state index contributed by atoms with van der Waals surface area (Å²) in [5, 5.41) is 9.86. The Balaban J connectivity index is 2.19. The van der Waals surface area contributed by atoms with Gasteiger partial charge in [0.1, 0.15) is 11.5 Å². The maximum Gasteiger partial charge on any atom is 0.335 e. The number of carboxylic acid groups (broad SMARTS) is 1. The monoisotopic (exact) mass is 323 g/mol. The summed E-state index contributed by atoms with van der Waals surface area (Å²) in [6.45, 7) is 2.37. The van der Waals surface area contributed by atoms with Gasteiger partial charge in [-0.15, -0.1) is 0 Å². The van der Waals surface area contributed by atoms with E-state index >= 15 is 0 Å². The molecule has 1 heterocycles. The molecule has 0 amide bonds. The van der Waals surface area contributed by atoms with Crippen molar-refractivity contribution in [2.24, 2.45) is 0 Å². The van der Waals surface area contributed by atoms with Crippen LogP contribution in [-0.2, 0) is 0 Å². The number of methoxy groups -OCH3 is 1. The van der Waals surface area contributed by atoms with Gasteiger partial charge in [0.05, 0.1) is 30.5 Å². The molecule has 0 aliphatic rings. The SMILES string of the molecule is CCOc1cc(-c2cccc(OC)c2)nc2ccc(C(=O)O)cc12. The van der Waals surface area contributed by atoms with Crippen LogP contribution in [0.3, 0.4) is 0 Å². The van der Waals surface area contributed by atoms with Crippen LogP contribution < -0.4 is 9.47 Å². The molecule has 0 saturated carbocycles. The lowest BCUT2D eigenvalue weighted by Crippen LogP contribution is -1.99. The predicted octanol–water partition coefficient (Wildman–Crippen LogP) is 4.01. The highest BCUT2D eigenvalue weighted by Gasteiger charge is 2.12. The first-order chi connectivity index (χ1) is 11.6. The summed E-state index contributed by atoms with van der Waals surface area (Å²) in [5.41, 5.74) is 2.54. The first kappa shape index (κ1) is 15.8. The van der Waals surface area contributed by atoms with E-state index in [9.17, 15) is 9.90 Å². The second-order valence-corrected chi connectivity index (χ2v) is 5.21. The predicted molar refractivity (Wildman–Crippen MR) is 91.9 cm³/mol. The highest BCUT2D eigenvalue weighted by atomic mass is 16.5. The Morgan fingerprint density at radius 3 is 2.71 bits per heavy atom. The molecule has 0 atom stereocenters. The van der Waals surface area contributed by atoms with Crippen molar-refractivity contribution in [3.05, 3.63) is 54.1 Å². The Hall–Kier alpha value is -3.08. The van der Waals surface area contributed by atoms with Crippen molar-refractivity contribution in [3.63, 3.8) is 0 Å². The fourth-order valence-electron chi connectivity index (χ4n) is 2.53. The first-order valence-electron chi connectivity index (χ1n) is 7.57. The molecule has 3 aromatic rings. The van der Waals surface area contributed by atoms with Crippen LogP contribution in [0.5, 0.6) is 11.5 Å². The molecule has 3 rings (SSSR count). The van der Waals surface area contributed by atoms with Gasteiger partial charge in [0.15, 0.2) is 0 Å². The molecule has 1 N–H and O–H groups in total. The summed E-state index contributed by atoms with van der Waals surface area (Å²) in [7, 11) is 1.62. The number of fused-ring (bicyclic) bond motifs is 1. The number of hydrogen-bond acceptors (Lipinski definition) is 4. The molecule has 0 spiro atoms. The molecule has 1 aromatic heterocycles. The van der Waals surface area contributed by atoms with Gasteiger partial charge in [0.2, 0.25) is 0 Å². The molecular weight excluding hydrogens is 306 g/mol. The average molecular weight is 323 g/mol. The lowest BCUT2D eigenvalue weighted by atomic mass is 10.1. The van der Waals surface area contributed by atoms with Gasteiger partial charge in [-0.1, -0.05) is 12.1 Å². The zero-order valence-electron chi connectivity index (χ0n) is 13.4. The third kappa shape index (κ3) is 3.01. The fourth-order valence-corrected chi connectivity index (χ4v) is 2.53. The number of ether oxygens (including phenoxy) is 2. The summed E-state index contributed by atoms with van der Waals surface area (Å²) >= 11 is 0. The van der Waals surface area contributed by atoms with Gasteiger partial charge in [-0.25, -0.2) is 9.78 Å². The van der Waals surface area contributed by atoms with Gasteiger partial charge < -0.3 is 14.6 Å². The maximum absolute atomic E-state index is 11.2. The summed E-state index contributed by atoms with van der Waals surface area (Å²) in [4.78, 5) is 15.8. The molecule has 122 valence electrons. The van der Waals surface area contributed by atoms with E-state index in [0.29, 0.717) is 23.3 Å². The number of carboxylic acids is 1. The first-order valence-corrected chi connectivity index (χ1v) is 7.57. The number of rotatable bonds is 5. The summed E-state index contributed by atoms with van der Waals surface area (Å²) in [6, 6.07) is 14.3. The highest BCUT2D eigenvalue weighted by Crippen LogP contribution is 2.32. The van der Waals surface area contributed by atoms with Gasteiger partial charge in [-0.3, -0.25) is 0 Å². The molecule has 5 nitrogen and oxygen atoms in total. The smallest absolute Gasteiger partial charge is 0.335 e. The Labute approximate surface area is 139 Å². The van der Waals surface area contributed by atoms with E-state index in [2.05, 4.69) is 4.98 Å². The standard InChI is InChI=1S/C19H17NO4/c1-3-24-18-11-17(12-5-4-6-14(9-12)23-2)20-16-8-7-13(19(21)22)10-15(16)18/h4-11H,3H2,1-2H3,(H,21,22). The molecule has 24 heavy (non-hydrogen) atoms. The van der Waals surface area contributed by atoms with E-state index in [1.807, 2.05) is 37.3 Å². The average Bonchev–Trinajstić information content (AvgIpc) is 2.61. The molecule has 5 heteroatoms. The van der Waals surface area contributed by atoms with Crippen LogP contribution in [-0.4, -0.2) is 29.8 Å². The minimum absolute atomic E-state index is 0.208. The Bertz CT molecular complexity index is 905. The zero-order chi connectivity index (χ0) is 17.1. The van der Waals surface area contributed by atoms with E-state index < -0.39 is 5.97 Å². The number of carbonyl (C=O) groups is 1. The molecule has 2 aromatic carbocycles. The highest BCUT2D eigenvalue weighted by molar-refractivity contribution is 5.96. The number of aromatic carboxylic acids is 1. The summed E-state index contributed by atoms with van der Waals surface area (Å²) < 4.78 is 11.0. The number of aromatic nitrogens is 1. The zero-order valence-corrected chi connectivity index (χ0v) is 13.4. The van der Waals surface area contributed by atoms with Gasteiger partial charge in [-0.2, -0.15) is 0 Å². The van der Waals surface area contributed by atoms with Crippen molar-refractivity contribution >= 4 is 16.9 Å². The molecular formula is C19H17NO4. The van der Waals surface area contributed by atoms with Gasteiger partial charge >= 0.3 is 5.97 Å². The molecule has 0 unspecified atom stereocenters. The van der Waals surface area contributed by atoms with Crippen molar-refractivity contribution in [2.45, 2.75) is 6.92 Å². The van der Waals surface area contributed by atoms with E-state index in [1.54, 1.807) is 25.3 Å². The van der Waals surface area contributed by atoms with Crippen LogP contribution in [0.25, 0.3) is 22.2 Å². The molecule has 0 bridgehead atoms. The lowest BCUT2D eigenvalue weighted by molar-refractivity contribution is 0.0697. The van der Waals surface area contributed by atoms with Crippen molar-refractivity contribution in [2.75, 3.05) is 13.7 Å². The van der Waals surface area contributed by atoms with Gasteiger partial charge in [-0.05, 0) is 37.3 Å². The van der Waals surface area contributed by atoms with Crippen molar-refractivity contribution in [3.8, 4) is 22.8 Å². The fraction of sp³-hybridized carbons (Fsp3) is 0.158. The second kappa shape index (κ2) is 6.58. The summed E-state index contributed by atoms with van der Waals surface area (Å²) in [5.74, 6) is 0.383. The second-order valence-electron chi connectivity index (χ2n) is 5.21. The molecule has 0 fully saturated rings. The van der Waals surface area contributed by atoms with Crippen LogP contribution in [0.4, 0.5) is 0 Å². The van der Waals surface area contributed by atoms with Crippen molar-refractivity contribution in [1.82, 2.24) is 4.98 Å². The van der Waals surface area contributed by atoms with Crippen LogP contribution in [0.2, 0.25) is 0 Å². The number of hydrogen-bond donors (Lipinski definition) is 1. The number of pyridine rings is 1. The third-order valence-corrected chi connectivity index (χ3v) is 3.68. The van der Waals surface area contributed by atoms with E-state index in [-0.39, 0.29) is 5.56 Å². The van der Waals surface area contributed by atoms with E-state index in [4.69, 9.17) is 9.47 Å². The Morgan fingerprint density at radius 1 is 1.17 bits per heavy atom. The van der Waals surface area contributed by atoms with Crippen molar-refractivity contribution in [1.29, 1.82) is 0 Å². The quantitative estimate of drug-likeness (QED) is 0.768. The lowest BCUT2D eigenvalue weighted by Gasteiger charge is -2.11. The topological polar surface area (TPSA) is 68.7 Å². The van der Waals surface area contributed by atoms with E-state index in [1.165, 1.54) is 0 Å². The molecule has 0 radical (unpaired) electrons. The third-order valence-electron chi connectivity index (χ3n) is 3.68. The van der Waals surface area contributed by atoms with Crippen LogP contribution in [0, 0.1) is 0 Å². The molecule has 0 saturated heterocycles. The minimum atomic E-state index is -0.976. The Morgan fingerprint density at radius 2 is 2.00 bits per heavy atom. The minimum Gasteiger partial charge on any atom is -0.497 e. The normalized spacial score (nSPS) is 10.6. The largest absolute Gasteiger partial charge is 0.497 e. The van der Waals surface area contributed by atoms with Crippen LogP contribution >= 0.6 is 0 Å². The molecule has 0 aliphatic carbocycles.